The second-order valence-corrected chi connectivity index (χ2v) is 2.07. The van der Waals surface area contributed by atoms with E-state index in [0.717, 1.165) is 19.4 Å². The summed E-state index contributed by atoms with van der Waals surface area (Å²) >= 11 is 0. The third kappa shape index (κ3) is 2.12. The number of hydrogen-bond acceptors (Lipinski definition) is 1. The number of allylic oxidation sites excluding steroid dienone is 1. The Labute approximate surface area is 50.3 Å². The van der Waals surface area contributed by atoms with Crippen LogP contribution in [0.25, 0.3) is 0 Å². The molecule has 0 amide bonds. The molecule has 1 fully saturated rings. The van der Waals surface area contributed by atoms with Crippen LogP contribution in [-0.2, 0) is 4.74 Å². The van der Waals surface area contributed by atoms with E-state index in [1.807, 2.05) is 0 Å². The molecule has 0 aliphatic carbocycles. The van der Waals surface area contributed by atoms with Gasteiger partial charge in [0.2, 0.25) is 0 Å². The van der Waals surface area contributed by atoms with Crippen LogP contribution in [-0.4, -0.2) is 12.7 Å². The van der Waals surface area contributed by atoms with Crippen LogP contribution in [0.15, 0.2) is 12.2 Å². The first-order chi connectivity index (χ1) is 3.93. The van der Waals surface area contributed by atoms with Crippen LogP contribution in [0.1, 0.15) is 19.8 Å². The summed E-state index contributed by atoms with van der Waals surface area (Å²) in [6, 6.07) is 0. The monoisotopic (exact) mass is 112 g/mol. The summed E-state index contributed by atoms with van der Waals surface area (Å²) in [4.78, 5) is 0. The van der Waals surface area contributed by atoms with Crippen LogP contribution >= 0.6 is 0 Å². The minimum Gasteiger partial charge on any atom is -0.373 e. The quantitative estimate of drug-likeness (QED) is 0.400. The molecule has 1 unspecified atom stereocenters. The van der Waals surface area contributed by atoms with Gasteiger partial charge < -0.3 is 4.74 Å². The fraction of sp³-hybridized carbons (Fsp3) is 0.714. The Balaban J connectivity index is 1.93. The van der Waals surface area contributed by atoms with Crippen LogP contribution in [0.3, 0.4) is 0 Å². The van der Waals surface area contributed by atoms with Gasteiger partial charge in [0.1, 0.15) is 0 Å². The fourth-order valence-corrected chi connectivity index (χ4v) is 0.619. The van der Waals surface area contributed by atoms with Gasteiger partial charge in [-0.1, -0.05) is 19.1 Å². The molecule has 0 aromatic carbocycles. The van der Waals surface area contributed by atoms with Gasteiger partial charge in [-0.2, -0.15) is 0 Å². The van der Waals surface area contributed by atoms with Crippen LogP contribution in [0, 0.1) is 0 Å². The normalized spacial score (nSPS) is 26.9. The maximum atomic E-state index is 5.00. The molecule has 1 saturated heterocycles. The van der Waals surface area contributed by atoms with E-state index in [1.165, 1.54) is 0 Å². The maximum absolute atomic E-state index is 5.00. The average Bonchev–Trinajstić information content (AvgIpc) is 2.51. The molecule has 0 aromatic rings. The maximum Gasteiger partial charge on any atom is 0.0844 e. The summed E-state index contributed by atoms with van der Waals surface area (Å²) in [5.74, 6) is 0. The van der Waals surface area contributed by atoms with Gasteiger partial charge in [0, 0.05) is 0 Å². The van der Waals surface area contributed by atoms with E-state index in [-0.39, 0.29) is 0 Å². The molecule has 1 aliphatic rings. The van der Waals surface area contributed by atoms with Crippen LogP contribution < -0.4 is 0 Å². The van der Waals surface area contributed by atoms with Gasteiger partial charge in [0.05, 0.1) is 12.7 Å². The standard InChI is InChI=1S/C7H12O/c1-2-3-4-5-7-6-8-7/h3-4,7H,2,5-6H2,1H3/b4-3+. The lowest BCUT2D eigenvalue weighted by atomic mass is 10.3. The molecule has 1 nitrogen and oxygen atoms in total. The summed E-state index contributed by atoms with van der Waals surface area (Å²) in [5, 5.41) is 0. The molecule has 0 spiro atoms. The third-order valence-electron chi connectivity index (χ3n) is 1.20. The zero-order chi connectivity index (χ0) is 5.82. The number of hydrogen-bond donors (Lipinski definition) is 0. The van der Waals surface area contributed by atoms with Crippen molar-refractivity contribution in [2.45, 2.75) is 25.9 Å². The second kappa shape index (κ2) is 2.88. The Morgan fingerprint density at radius 3 is 2.88 bits per heavy atom. The van der Waals surface area contributed by atoms with Gasteiger partial charge in [0.25, 0.3) is 0 Å². The molecule has 0 radical (unpaired) electrons. The summed E-state index contributed by atoms with van der Waals surface area (Å²) in [5.41, 5.74) is 0. The number of rotatable bonds is 3. The van der Waals surface area contributed by atoms with E-state index in [9.17, 15) is 0 Å². The van der Waals surface area contributed by atoms with Crippen LogP contribution in [0.5, 0.6) is 0 Å². The van der Waals surface area contributed by atoms with Crippen LogP contribution in [0.2, 0.25) is 0 Å². The van der Waals surface area contributed by atoms with Crippen LogP contribution in [0.4, 0.5) is 0 Å². The van der Waals surface area contributed by atoms with Crippen molar-refractivity contribution in [3.05, 3.63) is 12.2 Å². The average molecular weight is 112 g/mol. The first-order valence-corrected chi connectivity index (χ1v) is 3.20. The van der Waals surface area contributed by atoms with E-state index in [0.29, 0.717) is 6.10 Å². The Morgan fingerprint density at radius 2 is 2.38 bits per heavy atom. The molecular formula is C7H12O. The SMILES string of the molecule is CC/C=C/CC1CO1. The lowest BCUT2D eigenvalue weighted by molar-refractivity contribution is 0.410. The van der Waals surface area contributed by atoms with E-state index < -0.39 is 0 Å². The van der Waals surface area contributed by atoms with E-state index in [4.69, 9.17) is 4.74 Å². The van der Waals surface area contributed by atoms with Gasteiger partial charge in [0.15, 0.2) is 0 Å². The molecule has 1 rings (SSSR count). The lowest BCUT2D eigenvalue weighted by Crippen LogP contribution is -1.77. The topological polar surface area (TPSA) is 12.5 Å². The molecule has 46 valence electrons. The Hall–Kier alpha value is -0.300. The predicted molar refractivity (Wildman–Crippen MR) is 33.8 cm³/mol. The van der Waals surface area contributed by atoms with Crippen molar-refractivity contribution in [3.8, 4) is 0 Å². The molecule has 1 heteroatoms. The Morgan fingerprint density at radius 1 is 1.62 bits per heavy atom. The zero-order valence-corrected chi connectivity index (χ0v) is 5.26. The van der Waals surface area contributed by atoms with E-state index >= 15 is 0 Å². The fourth-order valence-electron chi connectivity index (χ4n) is 0.619. The highest BCUT2D eigenvalue weighted by Gasteiger charge is 2.19. The largest absolute Gasteiger partial charge is 0.373 e. The molecule has 1 atom stereocenters. The van der Waals surface area contributed by atoms with E-state index in [2.05, 4.69) is 19.1 Å². The smallest absolute Gasteiger partial charge is 0.0844 e. The first-order valence-electron chi connectivity index (χ1n) is 3.20. The van der Waals surface area contributed by atoms with Gasteiger partial charge in [-0.3, -0.25) is 0 Å². The summed E-state index contributed by atoms with van der Waals surface area (Å²) in [7, 11) is 0. The van der Waals surface area contributed by atoms with Gasteiger partial charge in [-0.15, -0.1) is 0 Å². The highest BCUT2D eigenvalue weighted by molar-refractivity contribution is 4.86. The van der Waals surface area contributed by atoms with Crippen molar-refractivity contribution >= 4 is 0 Å². The lowest BCUT2D eigenvalue weighted by Gasteiger charge is -1.80. The Bertz CT molecular complexity index is 82.4. The Kier molecular flexibility index (Phi) is 2.10. The molecule has 0 saturated carbocycles. The molecule has 8 heavy (non-hydrogen) atoms. The van der Waals surface area contributed by atoms with Crippen molar-refractivity contribution in [2.75, 3.05) is 6.61 Å². The van der Waals surface area contributed by atoms with Gasteiger partial charge in [-0.25, -0.2) is 0 Å². The van der Waals surface area contributed by atoms with E-state index in [1.54, 1.807) is 0 Å². The number of ether oxygens (including phenoxy) is 1. The van der Waals surface area contributed by atoms with Crippen molar-refractivity contribution < 1.29 is 4.74 Å². The molecule has 1 heterocycles. The number of epoxide rings is 1. The highest BCUT2D eigenvalue weighted by atomic mass is 16.6. The molecule has 1 aliphatic heterocycles. The molecule has 0 N–H and O–H groups in total. The molecule has 0 aromatic heterocycles. The predicted octanol–water partition coefficient (Wildman–Crippen LogP) is 1.74. The summed E-state index contributed by atoms with van der Waals surface area (Å²) in [6.45, 7) is 3.12. The van der Waals surface area contributed by atoms with Crippen molar-refractivity contribution in [1.29, 1.82) is 0 Å². The first kappa shape index (κ1) is 5.83. The second-order valence-electron chi connectivity index (χ2n) is 2.07. The zero-order valence-electron chi connectivity index (χ0n) is 5.26. The summed E-state index contributed by atoms with van der Waals surface area (Å²) in [6.07, 6.45) is 7.21. The van der Waals surface area contributed by atoms with Crippen molar-refractivity contribution in [3.63, 3.8) is 0 Å². The van der Waals surface area contributed by atoms with Gasteiger partial charge in [-0.05, 0) is 12.8 Å². The minimum absolute atomic E-state index is 0.567. The third-order valence-corrected chi connectivity index (χ3v) is 1.20. The van der Waals surface area contributed by atoms with Crippen molar-refractivity contribution in [1.82, 2.24) is 0 Å². The highest BCUT2D eigenvalue weighted by Crippen LogP contribution is 2.13. The molecule has 0 bridgehead atoms. The summed E-state index contributed by atoms with van der Waals surface area (Å²) < 4.78 is 5.00. The minimum atomic E-state index is 0.567. The van der Waals surface area contributed by atoms with Crippen molar-refractivity contribution in [2.24, 2.45) is 0 Å². The molecular weight excluding hydrogens is 100 g/mol. The van der Waals surface area contributed by atoms with Gasteiger partial charge >= 0.3 is 0 Å².